The van der Waals surface area contributed by atoms with Crippen LogP contribution < -0.4 is 10.9 Å². The molecule has 8 heteroatoms. The number of hydrogen-bond acceptors (Lipinski definition) is 7. The minimum Gasteiger partial charge on any atom is -0.377 e. The lowest BCUT2D eigenvalue weighted by atomic mass is 10.5. The molecule has 2 aromatic heterocycles. The van der Waals surface area contributed by atoms with Gasteiger partial charge in [-0.15, -0.1) is 5.10 Å². The van der Waals surface area contributed by atoms with Crippen molar-refractivity contribution in [2.24, 2.45) is 0 Å². The first-order valence-corrected chi connectivity index (χ1v) is 6.64. The molecule has 0 saturated carbocycles. The van der Waals surface area contributed by atoms with Crippen molar-refractivity contribution in [3.8, 4) is 0 Å². The predicted molar refractivity (Wildman–Crippen MR) is 68.6 cm³/mol. The topological polar surface area (TPSA) is 83.6 Å². The Kier molecular flexibility index (Phi) is 3.75. The summed E-state index contributed by atoms with van der Waals surface area (Å²) in [5, 5.41) is 8.57. The monoisotopic (exact) mass is 269 g/mol. The molecular weight excluding hydrogens is 258 g/mol. The first-order valence-electron chi connectivity index (χ1n) is 4.89. The van der Waals surface area contributed by atoms with Crippen molar-refractivity contribution in [1.82, 2.24) is 19.6 Å². The number of nitrogens with zero attached hydrogens (tertiary/aromatic N) is 3. The maximum Gasteiger partial charge on any atom is 0.251 e. The van der Waals surface area contributed by atoms with Crippen LogP contribution in [-0.4, -0.2) is 26.6 Å². The quantitative estimate of drug-likeness (QED) is 0.642. The van der Waals surface area contributed by atoms with Crippen LogP contribution in [0.15, 0.2) is 16.0 Å². The van der Waals surface area contributed by atoms with Crippen molar-refractivity contribution in [3.63, 3.8) is 0 Å². The van der Waals surface area contributed by atoms with Crippen LogP contribution >= 0.6 is 23.3 Å². The fourth-order valence-electron chi connectivity index (χ4n) is 1.25. The molecule has 2 N–H and O–H groups in total. The van der Waals surface area contributed by atoms with Crippen molar-refractivity contribution in [1.29, 1.82) is 0 Å². The zero-order valence-corrected chi connectivity index (χ0v) is 11.0. The van der Waals surface area contributed by atoms with E-state index in [2.05, 4.69) is 24.9 Å². The molecule has 0 aliphatic heterocycles. The van der Waals surface area contributed by atoms with E-state index in [0.717, 1.165) is 10.7 Å². The second-order valence-electron chi connectivity index (χ2n) is 3.28. The largest absolute Gasteiger partial charge is 0.377 e. The standard InChI is InChI=1S/C9H11N5OS2/c1-5-3-7(15)12-9(11-5)16-4-6-8(10-2)17-14-13-6/h3,10H,4H2,1-2H3,(H,11,12,15). The highest BCUT2D eigenvalue weighted by Gasteiger charge is 2.08. The molecule has 6 nitrogen and oxygen atoms in total. The van der Waals surface area contributed by atoms with E-state index in [9.17, 15) is 4.79 Å². The average Bonchev–Trinajstić information content (AvgIpc) is 2.72. The third-order valence-electron chi connectivity index (χ3n) is 1.98. The number of rotatable bonds is 4. The van der Waals surface area contributed by atoms with Crippen LogP contribution in [0, 0.1) is 6.92 Å². The molecule has 0 spiro atoms. The molecule has 2 heterocycles. The highest BCUT2D eigenvalue weighted by atomic mass is 32.2. The lowest BCUT2D eigenvalue weighted by molar-refractivity contribution is 0.903. The molecule has 2 rings (SSSR count). The summed E-state index contributed by atoms with van der Waals surface area (Å²) in [6.07, 6.45) is 0. The van der Waals surface area contributed by atoms with Gasteiger partial charge in [-0.1, -0.05) is 16.3 Å². The third-order valence-corrected chi connectivity index (χ3v) is 3.65. The molecule has 0 bridgehead atoms. The molecule has 0 aliphatic carbocycles. The van der Waals surface area contributed by atoms with Crippen molar-refractivity contribution >= 4 is 28.3 Å². The van der Waals surface area contributed by atoms with E-state index in [-0.39, 0.29) is 5.56 Å². The second kappa shape index (κ2) is 5.28. The Labute approximate surface area is 106 Å². The molecular formula is C9H11N5OS2. The van der Waals surface area contributed by atoms with Gasteiger partial charge in [-0.3, -0.25) is 4.79 Å². The Morgan fingerprint density at radius 2 is 2.41 bits per heavy atom. The van der Waals surface area contributed by atoms with Crippen LogP contribution in [0.3, 0.4) is 0 Å². The molecule has 0 amide bonds. The number of nitrogens with one attached hydrogen (secondary N) is 2. The summed E-state index contributed by atoms with van der Waals surface area (Å²) >= 11 is 2.75. The Morgan fingerprint density at radius 3 is 3.12 bits per heavy atom. The van der Waals surface area contributed by atoms with Gasteiger partial charge in [-0.2, -0.15) is 0 Å². The highest BCUT2D eigenvalue weighted by molar-refractivity contribution is 7.98. The van der Waals surface area contributed by atoms with Gasteiger partial charge >= 0.3 is 0 Å². The van der Waals surface area contributed by atoms with Gasteiger partial charge in [-0.25, -0.2) is 4.98 Å². The van der Waals surface area contributed by atoms with E-state index in [1.165, 1.54) is 29.4 Å². The van der Waals surface area contributed by atoms with E-state index in [4.69, 9.17) is 0 Å². The van der Waals surface area contributed by atoms with Gasteiger partial charge in [0, 0.05) is 36.1 Å². The van der Waals surface area contributed by atoms with Crippen molar-refractivity contribution in [2.45, 2.75) is 17.8 Å². The van der Waals surface area contributed by atoms with Crippen molar-refractivity contribution in [3.05, 3.63) is 27.8 Å². The average molecular weight is 269 g/mol. The van der Waals surface area contributed by atoms with Gasteiger partial charge in [0.15, 0.2) is 5.16 Å². The Morgan fingerprint density at radius 1 is 1.59 bits per heavy atom. The first-order chi connectivity index (χ1) is 8.19. The molecule has 17 heavy (non-hydrogen) atoms. The minimum atomic E-state index is -0.134. The Hall–Kier alpha value is -1.41. The first kappa shape index (κ1) is 12.1. The number of H-pyrrole nitrogens is 1. The summed E-state index contributed by atoms with van der Waals surface area (Å²) in [5.74, 6) is 0.624. The normalized spacial score (nSPS) is 10.5. The molecule has 0 aliphatic rings. The molecule has 2 aromatic rings. The number of hydrogen-bond donors (Lipinski definition) is 2. The maximum atomic E-state index is 11.2. The number of aromatic nitrogens is 4. The summed E-state index contributed by atoms with van der Waals surface area (Å²) in [5.41, 5.74) is 1.44. The van der Waals surface area contributed by atoms with Crippen molar-refractivity contribution in [2.75, 3.05) is 12.4 Å². The summed E-state index contributed by atoms with van der Waals surface area (Å²) in [6.45, 7) is 1.79. The third kappa shape index (κ3) is 3.04. The number of aromatic amines is 1. The molecule has 0 saturated heterocycles. The van der Waals surface area contributed by atoms with Gasteiger partial charge in [0.2, 0.25) is 0 Å². The van der Waals surface area contributed by atoms with E-state index in [0.29, 0.717) is 16.6 Å². The molecule has 0 unspecified atom stereocenters. The predicted octanol–water partition coefficient (Wildman–Crippen LogP) is 1.26. The molecule has 0 radical (unpaired) electrons. The summed E-state index contributed by atoms with van der Waals surface area (Å²) in [6, 6.07) is 1.47. The van der Waals surface area contributed by atoms with Crippen LogP contribution in [-0.2, 0) is 5.75 Å². The van der Waals surface area contributed by atoms with E-state index < -0.39 is 0 Å². The SMILES string of the molecule is CNc1snnc1CSc1nc(C)cc(=O)[nH]1. The fraction of sp³-hybridized carbons (Fsp3) is 0.333. The van der Waals surface area contributed by atoms with Crippen LogP contribution in [0.4, 0.5) is 5.00 Å². The summed E-state index contributed by atoms with van der Waals surface area (Å²) in [4.78, 5) is 18.2. The fourth-order valence-corrected chi connectivity index (χ4v) is 2.73. The van der Waals surface area contributed by atoms with Crippen LogP contribution in [0.1, 0.15) is 11.4 Å². The molecule has 0 aromatic carbocycles. The summed E-state index contributed by atoms with van der Waals surface area (Å²) < 4.78 is 3.86. The zero-order chi connectivity index (χ0) is 12.3. The van der Waals surface area contributed by atoms with E-state index >= 15 is 0 Å². The molecule has 90 valence electrons. The number of aryl methyl sites for hydroxylation is 1. The highest BCUT2D eigenvalue weighted by Crippen LogP contribution is 2.24. The van der Waals surface area contributed by atoms with Gasteiger partial charge in [0.25, 0.3) is 5.56 Å². The molecule has 0 atom stereocenters. The maximum absolute atomic E-state index is 11.2. The van der Waals surface area contributed by atoms with Crippen LogP contribution in [0.25, 0.3) is 0 Å². The van der Waals surface area contributed by atoms with Crippen molar-refractivity contribution < 1.29 is 0 Å². The van der Waals surface area contributed by atoms with Crippen LogP contribution in [0.2, 0.25) is 0 Å². The minimum absolute atomic E-state index is 0.134. The van der Waals surface area contributed by atoms with Crippen LogP contribution in [0.5, 0.6) is 0 Å². The van der Waals surface area contributed by atoms with Gasteiger partial charge in [0.05, 0.1) is 0 Å². The lowest BCUT2D eigenvalue weighted by Gasteiger charge is -2.01. The second-order valence-corrected chi connectivity index (χ2v) is 5.00. The smallest absolute Gasteiger partial charge is 0.251 e. The van der Waals surface area contributed by atoms with E-state index in [1.807, 2.05) is 7.05 Å². The number of anilines is 1. The van der Waals surface area contributed by atoms with Gasteiger partial charge in [-0.05, 0) is 6.92 Å². The Bertz CT molecular complexity index is 565. The van der Waals surface area contributed by atoms with E-state index in [1.54, 1.807) is 6.92 Å². The molecule has 0 fully saturated rings. The lowest BCUT2D eigenvalue weighted by Crippen LogP contribution is -2.08. The van der Waals surface area contributed by atoms with Gasteiger partial charge in [0.1, 0.15) is 10.7 Å². The Balaban J connectivity index is 2.09. The number of thioether (sulfide) groups is 1. The zero-order valence-electron chi connectivity index (χ0n) is 9.35. The van der Waals surface area contributed by atoms with Gasteiger partial charge < -0.3 is 10.3 Å². The summed E-state index contributed by atoms with van der Waals surface area (Å²) in [7, 11) is 1.83.